The van der Waals surface area contributed by atoms with E-state index in [1.165, 1.54) is 0 Å². The normalized spacial score (nSPS) is 18.4. The largest absolute Gasteiger partial charge is 0.365 e. The summed E-state index contributed by atoms with van der Waals surface area (Å²) in [5.74, 6) is 0.314. The van der Waals surface area contributed by atoms with Gasteiger partial charge in [0.15, 0.2) is 0 Å². The van der Waals surface area contributed by atoms with Gasteiger partial charge in [0.05, 0.1) is 12.6 Å². The molecule has 1 aromatic carbocycles. The van der Waals surface area contributed by atoms with Gasteiger partial charge < -0.3 is 15.0 Å². The fourth-order valence-corrected chi connectivity index (χ4v) is 2.78. The fraction of sp³-hybridized carbons (Fsp3) is 0.556. The van der Waals surface area contributed by atoms with Crippen molar-refractivity contribution in [2.24, 2.45) is 5.92 Å². The van der Waals surface area contributed by atoms with Crippen molar-refractivity contribution < 1.29 is 14.3 Å². The quantitative estimate of drug-likeness (QED) is 0.905. The maximum absolute atomic E-state index is 12.2. The van der Waals surface area contributed by atoms with Gasteiger partial charge in [0.2, 0.25) is 5.91 Å². The van der Waals surface area contributed by atoms with Crippen LogP contribution in [0.5, 0.6) is 0 Å². The van der Waals surface area contributed by atoms with Gasteiger partial charge in [-0.3, -0.25) is 9.59 Å². The molecule has 1 N–H and O–H groups in total. The van der Waals surface area contributed by atoms with E-state index in [2.05, 4.69) is 11.4 Å². The molecule has 1 aliphatic heterocycles. The lowest BCUT2D eigenvalue weighted by molar-refractivity contribution is -0.129. The third-order valence-corrected chi connectivity index (χ3v) is 3.77. The van der Waals surface area contributed by atoms with E-state index in [0.29, 0.717) is 25.4 Å². The third-order valence-electron chi connectivity index (χ3n) is 3.77. The summed E-state index contributed by atoms with van der Waals surface area (Å²) in [5, 5.41) is 2.89. The summed E-state index contributed by atoms with van der Waals surface area (Å²) in [6.45, 7) is 9.01. The summed E-state index contributed by atoms with van der Waals surface area (Å²) in [4.78, 5) is 25.7. The smallest absolute Gasteiger partial charge is 0.253 e. The molecule has 1 unspecified atom stereocenters. The highest BCUT2D eigenvalue weighted by Crippen LogP contribution is 2.21. The molecule has 1 fully saturated rings. The Labute approximate surface area is 138 Å². The Morgan fingerprint density at radius 1 is 1.30 bits per heavy atom. The third kappa shape index (κ3) is 5.06. The molecule has 0 saturated carbocycles. The van der Waals surface area contributed by atoms with E-state index in [0.717, 1.165) is 16.8 Å². The van der Waals surface area contributed by atoms with Crippen molar-refractivity contribution in [2.45, 2.75) is 40.2 Å². The van der Waals surface area contributed by atoms with Crippen LogP contribution in [0, 0.1) is 19.8 Å². The number of carbonyl (C=O) groups is 2. The van der Waals surface area contributed by atoms with E-state index >= 15 is 0 Å². The molecule has 5 heteroatoms. The lowest BCUT2D eigenvalue weighted by Crippen LogP contribution is -2.50. The molecule has 0 radical (unpaired) electrons. The molecule has 1 saturated heterocycles. The van der Waals surface area contributed by atoms with E-state index in [9.17, 15) is 9.59 Å². The molecule has 0 bridgehead atoms. The van der Waals surface area contributed by atoms with E-state index < -0.39 is 0 Å². The molecular formula is C18H26N2O3. The van der Waals surface area contributed by atoms with Gasteiger partial charge in [0, 0.05) is 18.7 Å². The Morgan fingerprint density at radius 3 is 2.57 bits per heavy atom. The van der Waals surface area contributed by atoms with E-state index in [1.54, 1.807) is 4.90 Å². The average molecular weight is 318 g/mol. The highest BCUT2D eigenvalue weighted by atomic mass is 16.5. The van der Waals surface area contributed by atoms with Crippen LogP contribution in [0.2, 0.25) is 0 Å². The van der Waals surface area contributed by atoms with E-state index in [1.807, 2.05) is 39.8 Å². The molecule has 2 rings (SSSR count). The number of ether oxygens (including phenoxy) is 1. The van der Waals surface area contributed by atoms with Crippen molar-refractivity contribution in [3.8, 4) is 0 Å². The zero-order chi connectivity index (χ0) is 17.0. The number of carbonyl (C=O) groups excluding carboxylic acids is 2. The van der Waals surface area contributed by atoms with Gasteiger partial charge in [-0.25, -0.2) is 0 Å². The number of hydrogen-bond donors (Lipinski definition) is 1. The Bertz CT molecular complexity index is 563. The van der Waals surface area contributed by atoms with Crippen molar-refractivity contribution in [3.05, 3.63) is 29.3 Å². The molecule has 126 valence electrons. The predicted octanol–water partition coefficient (Wildman–Crippen LogP) is 2.20. The number of rotatable bonds is 5. The summed E-state index contributed by atoms with van der Waals surface area (Å²) in [6, 6.07) is 6.09. The summed E-state index contributed by atoms with van der Waals surface area (Å²) in [7, 11) is 0. The molecule has 0 spiro atoms. The molecular weight excluding hydrogens is 292 g/mol. The summed E-state index contributed by atoms with van der Waals surface area (Å²) in [5.41, 5.74) is 3.15. The minimum absolute atomic E-state index is 0.0263. The van der Waals surface area contributed by atoms with Crippen LogP contribution in [0.15, 0.2) is 18.2 Å². The molecule has 1 aliphatic rings. The number of nitrogens with one attached hydrogen (secondary N) is 1. The number of amides is 2. The number of aryl methyl sites for hydroxylation is 2. The summed E-state index contributed by atoms with van der Waals surface area (Å²) < 4.78 is 5.55. The Morgan fingerprint density at radius 2 is 1.96 bits per heavy atom. The zero-order valence-electron chi connectivity index (χ0n) is 14.4. The monoisotopic (exact) mass is 318 g/mol. The summed E-state index contributed by atoms with van der Waals surface area (Å²) in [6.07, 6.45) is 0.330. The van der Waals surface area contributed by atoms with Gasteiger partial charge in [-0.2, -0.15) is 0 Å². The van der Waals surface area contributed by atoms with Crippen molar-refractivity contribution in [3.63, 3.8) is 0 Å². The van der Waals surface area contributed by atoms with Crippen LogP contribution in [-0.2, 0) is 14.3 Å². The van der Waals surface area contributed by atoms with Gasteiger partial charge >= 0.3 is 0 Å². The van der Waals surface area contributed by atoms with Crippen LogP contribution >= 0.6 is 0 Å². The van der Waals surface area contributed by atoms with E-state index in [-0.39, 0.29) is 24.5 Å². The Hall–Kier alpha value is -1.88. The number of anilines is 1. The van der Waals surface area contributed by atoms with Gasteiger partial charge in [0.1, 0.15) is 6.61 Å². The first-order chi connectivity index (χ1) is 10.8. The van der Waals surface area contributed by atoms with Crippen LogP contribution in [-0.4, -0.2) is 37.6 Å². The maximum atomic E-state index is 12.2. The molecule has 5 nitrogen and oxygen atoms in total. The van der Waals surface area contributed by atoms with Crippen molar-refractivity contribution in [2.75, 3.05) is 24.6 Å². The van der Waals surface area contributed by atoms with Gasteiger partial charge in [-0.05, 0) is 43.0 Å². The lowest BCUT2D eigenvalue weighted by atomic mass is 10.1. The summed E-state index contributed by atoms with van der Waals surface area (Å²) >= 11 is 0. The zero-order valence-corrected chi connectivity index (χ0v) is 14.4. The minimum atomic E-state index is -0.176. The first-order valence-corrected chi connectivity index (χ1v) is 8.12. The standard InChI is InChI=1S/C18H26N2O3/c1-12(2)5-17(21)19-9-16-10-20(18(22)11-23-16)15-7-13(3)6-14(4)8-15/h6-8,12,16H,5,9-11H2,1-4H3,(H,19,21). The van der Waals surface area contributed by atoms with Gasteiger partial charge in [-0.15, -0.1) is 0 Å². The molecule has 1 atom stereocenters. The average Bonchev–Trinajstić information content (AvgIpc) is 2.44. The second-order valence-corrected chi connectivity index (χ2v) is 6.69. The number of benzene rings is 1. The lowest BCUT2D eigenvalue weighted by Gasteiger charge is -2.33. The van der Waals surface area contributed by atoms with Crippen LogP contribution < -0.4 is 10.2 Å². The van der Waals surface area contributed by atoms with Crippen molar-refractivity contribution in [1.82, 2.24) is 5.32 Å². The topological polar surface area (TPSA) is 58.6 Å². The second kappa shape index (κ2) is 7.59. The van der Waals surface area contributed by atoms with Gasteiger partial charge in [0.25, 0.3) is 5.91 Å². The van der Waals surface area contributed by atoms with Crippen LogP contribution in [0.3, 0.4) is 0 Å². The van der Waals surface area contributed by atoms with Crippen molar-refractivity contribution in [1.29, 1.82) is 0 Å². The van der Waals surface area contributed by atoms with Gasteiger partial charge in [-0.1, -0.05) is 19.9 Å². The highest BCUT2D eigenvalue weighted by Gasteiger charge is 2.27. The maximum Gasteiger partial charge on any atom is 0.253 e. The van der Waals surface area contributed by atoms with Crippen LogP contribution in [0.4, 0.5) is 5.69 Å². The first kappa shape index (κ1) is 17.5. The SMILES string of the molecule is Cc1cc(C)cc(N2CC(CNC(=O)CC(C)C)OCC2=O)c1. The molecule has 0 aromatic heterocycles. The first-order valence-electron chi connectivity index (χ1n) is 8.12. The number of morpholine rings is 1. The molecule has 2 amide bonds. The highest BCUT2D eigenvalue weighted by molar-refractivity contribution is 5.95. The van der Waals surface area contributed by atoms with Crippen LogP contribution in [0.1, 0.15) is 31.4 Å². The predicted molar refractivity (Wildman–Crippen MR) is 90.5 cm³/mol. The van der Waals surface area contributed by atoms with E-state index in [4.69, 9.17) is 4.74 Å². The Kier molecular flexibility index (Phi) is 5.77. The Balaban J connectivity index is 1.99. The number of nitrogens with zero attached hydrogens (tertiary/aromatic N) is 1. The molecule has 0 aliphatic carbocycles. The van der Waals surface area contributed by atoms with Crippen molar-refractivity contribution >= 4 is 17.5 Å². The molecule has 23 heavy (non-hydrogen) atoms. The fourth-order valence-electron chi connectivity index (χ4n) is 2.78. The number of hydrogen-bond acceptors (Lipinski definition) is 3. The second-order valence-electron chi connectivity index (χ2n) is 6.69. The molecule has 1 aromatic rings. The van der Waals surface area contributed by atoms with Crippen LogP contribution in [0.25, 0.3) is 0 Å². The molecule has 1 heterocycles. The minimum Gasteiger partial charge on any atom is -0.365 e.